The number of piperidine rings is 1. The van der Waals surface area contributed by atoms with E-state index in [9.17, 15) is 0 Å². The topological polar surface area (TPSA) is 15.3 Å². The lowest BCUT2D eigenvalue weighted by Gasteiger charge is -2.34. The second-order valence-corrected chi connectivity index (χ2v) is 7.14. The zero-order valence-electron chi connectivity index (χ0n) is 11.7. The molecule has 1 fully saturated rings. The smallest absolute Gasteiger partial charge is 0.0498 e. The van der Waals surface area contributed by atoms with E-state index in [1.54, 1.807) is 0 Å². The third-order valence-electron chi connectivity index (χ3n) is 3.90. The molecule has 0 aliphatic carbocycles. The van der Waals surface area contributed by atoms with Gasteiger partial charge in [0.05, 0.1) is 0 Å². The van der Waals surface area contributed by atoms with Gasteiger partial charge < -0.3 is 10.2 Å². The van der Waals surface area contributed by atoms with Crippen molar-refractivity contribution in [3.8, 4) is 0 Å². The van der Waals surface area contributed by atoms with Crippen molar-refractivity contribution in [2.45, 2.75) is 18.9 Å². The standard InChI is InChI=1S/C17H18Br2N2/c18-13-6-7-16(19)17(12-13)20-14-8-10-21(11-9-14)15-4-2-1-3-5-15/h1-7,12,14,20H,8-11H2. The van der Waals surface area contributed by atoms with Crippen LogP contribution in [0.5, 0.6) is 0 Å². The quantitative estimate of drug-likeness (QED) is 0.740. The summed E-state index contributed by atoms with van der Waals surface area (Å²) in [6.45, 7) is 2.21. The number of hydrogen-bond acceptors (Lipinski definition) is 2. The third-order valence-corrected chi connectivity index (χ3v) is 5.09. The first-order chi connectivity index (χ1) is 10.2. The molecule has 0 aromatic heterocycles. The Hall–Kier alpha value is -1.00. The van der Waals surface area contributed by atoms with Crippen LogP contribution in [-0.4, -0.2) is 19.1 Å². The molecule has 0 unspecified atom stereocenters. The van der Waals surface area contributed by atoms with Gasteiger partial charge in [0.2, 0.25) is 0 Å². The maximum absolute atomic E-state index is 3.66. The minimum absolute atomic E-state index is 0.538. The van der Waals surface area contributed by atoms with Crippen LogP contribution in [0.25, 0.3) is 0 Å². The molecule has 1 N–H and O–H groups in total. The van der Waals surface area contributed by atoms with Gasteiger partial charge in [-0.2, -0.15) is 0 Å². The minimum Gasteiger partial charge on any atom is -0.381 e. The van der Waals surface area contributed by atoms with E-state index in [1.807, 2.05) is 6.07 Å². The highest BCUT2D eigenvalue weighted by molar-refractivity contribution is 9.11. The number of nitrogens with zero attached hydrogens (tertiary/aromatic N) is 1. The molecule has 2 aromatic rings. The van der Waals surface area contributed by atoms with Crippen molar-refractivity contribution in [1.29, 1.82) is 0 Å². The number of rotatable bonds is 3. The van der Waals surface area contributed by atoms with Crippen LogP contribution in [0.2, 0.25) is 0 Å². The summed E-state index contributed by atoms with van der Waals surface area (Å²) in [5.41, 5.74) is 2.50. The maximum atomic E-state index is 3.66. The summed E-state index contributed by atoms with van der Waals surface area (Å²) in [5.74, 6) is 0. The number of halogens is 2. The Morgan fingerprint density at radius 1 is 0.952 bits per heavy atom. The van der Waals surface area contributed by atoms with Gasteiger partial charge in [0.15, 0.2) is 0 Å². The molecule has 1 heterocycles. The summed E-state index contributed by atoms with van der Waals surface area (Å²) in [7, 11) is 0. The predicted molar refractivity (Wildman–Crippen MR) is 97.1 cm³/mol. The van der Waals surface area contributed by atoms with E-state index in [4.69, 9.17) is 0 Å². The molecule has 0 amide bonds. The molecule has 21 heavy (non-hydrogen) atoms. The fourth-order valence-corrected chi connectivity index (χ4v) is 3.47. The molecule has 0 bridgehead atoms. The van der Waals surface area contributed by atoms with Crippen LogP contribution in [0.1, 0.15) is 12.8 Å². The number of hydrogen-bond donors (Lipinski definition) is 1. The van der Waals surface area contributed by atoms with E-state index >= 15 is 0 Å². The summed E-state index contributed by atoms with van der Waals surface area (Å²) in [4.78, 5) is 2.47. The molecule has 4 heteroatoms. The van der Waals surface area contributed by atoms with E-state index in [-0.39, 0.29) is 0 Å². The normalized spacial score (nSPS) is 16.0. The van der Waals surface area contributed by atoms with Gasteiger partial charge in [0.1, 0.15) is 0 Å². The Morgan fingerprint density at radius 2 is 1.67 bits per heavy atom. The minimum atomic E-state index is 0.538. The highest BCUT2D eigenvalue weighted by Crippen LogP contribution is 2.29. The lowest BCUT2D eigenvalue weighted by atomic mass is 10.0. The molecule has 0 spiro atoms. The number of para-hydroxylation sites is 1. The van der Waals surface area contributed by atoms with Crippen LogP contribution in [0.3, 0.4) is 0 Å². The molecule has 1 saturated heterocycles. The Kier molecular flexibility index (Phi) is 4.86. The van der Waals surface area contributed by atoms with E-state index in [1.165, 1.54) is 11.4 Å². The summed E-state index contributed by atoms with van der Waals surface area (Å²) >= 11 is 7.14. The van der Waals surface area contributed by atoms with Crippen molar-refractivity contribution in [3.63, 3.8) is 0 Å². The van der Waals surface area contributed by atoms with Gasteiger partial charge in [-0.05, 0) is 59.1 Å². The van der Waals surface area contributed by atoms with Gasteiger partial charge in [-0.3, -0.25) is 0 Å². The Bertz CT molecular complexity index is 593. The number of benzene rings is 2. The molecule has 110 valence electrons. The van der Waals surface area contributed by atoms with Crippen molar-refractivity contribution in [3.05, 3.63) is 57.5 Å². The molecule has 3 rings (SSSR count). The SMILES string of the molecule is Brc1ccc(Br)c(NC2CCN(c3ccccc3)CC2)c1. The fourth-order valence-electron chi connectivity index (χ4n) is 2.75. The van der Waals surface area contributed by atoms with Gasteiger partial charge in [-0.25, -0.2) is 0 Å². The number of nitrogens with one attached hydrogen (secondary N) is 1. The highest BCUT2D eigenvalue weighted by atomic mass is 79.9. The molecule has 0 saturated carbocycles. The van der Waals surface area contributed by atoms with Crippen LogP contribution in [0.4, 0.5) is 11.4 Å². The van der Waals surface area contributed by atoms with Crippen LogP contribution in [0.15, 0.2) is 57.5 Å². The van der Waals surface area contributed by atoms with Gasteiger partial charge >= 0.3 is 0 Å². The predicted octanol–water partition coefficient (Wildman–Crippen LogP) is 5.29. The summed E-state index contributed by atoms with van der Waals surface area (Å²) < 4.78 is 2.23. The zero-order chi connectivity index (χ0) is 14.7. The lowest BCUT2D eigenvalue weighted by Crippen LogP contribution is -2.39. The third kappa shape index (κ3) is 3.80. The van der Waals surface area contributed by atoms with Crippen molar-refractivity contribution >= 4 is 43.2 Å². The van der Waals surface area contributed by atoms with Crippen LogP contribution in [0, 0.1) is 0 Å². The van der Waals surface area contributed by atoms with Crippen LogP contribution >= 0.6 is 31.9 Å². The molecular formula is C17H18Br2N2. The molecular weight excluding hydrogens is 392 g/mol. The van der Waals surface area contributed by atoms with Crippen LogP contribution < -0.4 is 10.2 Å². The van der Waals surface area contributed by atoms with Gasteiger partial charge in [0.25, 0.3) is 0 Å². The zero-order valence-corrected chi connectivity index (χ0v) is 14.9. The first-order valence-corrected chi connectivity index (χ1v) is 8.82. The second kappa shape index (κ2) is 6.84. The largest absolute Gasteiger partial charge is 0.381 e. The molecule has 0 atom stereocenters. The van der Waals surface area contributed by atoms with Crippen molar-refractivity contribution in [1.82, 2.24) is 0 Å². The molecule has 2 nitrogen and oxygen atoms in total. The van der Waals surface area contributed by atoms with Crippen molar-refractivity contribution < 1.29 is 0 Å². The molecule has 2 aromatic carbocycles. The first-order valence-electron chi connectivity index (χ1n) is 7.24. The summed E-state index contributed by atoms with van der Waals surface area (Å²) in [6, 6.07) is 17.5. The number of anilines is 2. The lowest BCUT2D eigenvalue weighted by molar-refractivity contribution is 0.526. The Morgan fingerprint density at radius 3 is 2.38 bits per heavy atom. The van der Waals surface area contributed by atoms with Gasteiger partial charge in [-0.15, -0.1) is 0 Å². The Labute approximate surface area is 142 Å². The second-order valence-electron chi connectivity index (χ2n) is 5.37. The van der Waals surface area contributed by atoms with E-state index in [0.29, 0.717) is 6.04 Å². The Balaban J connectivity index is 1.60. The monoisotopic (exact) mass is 408 g/mol. The first kappa shape index (κ1) is 14.9. The van der Waals surface area contributed by atoms with Gasteiger partial charge in [0, 0.05) is 39.5 Å². The maximum Gasteiger partial charge on any atom is 0.0498 e. The van der Waals surface area contributed by atoms with E-state index in [0.717, 1.165) is 34.9 Å². The average Bonchev–Trinajstić information content (AvgIpc) is 2.53. The van der Waals surface area contributed by atoms with Crippen molar-refractivity contribution in [2.75, 3.05) is 23.3 Å². The molecule has 0 radical (unpaired) electrons. The highest BCUT2D eigenvalue weighted by Gasteiger charge is 2.19. The van der Waals surface area contributed by atoms with E-state index in [2.05, 4.69) is 84.5 Å². The summed E-state index contributed by atoms with van der Waals surface area (Å²) in [5, 5.41) is 3.66. The van der Waals surface area contributed by atoms with Crippen LogP contribution in [-0.2, 0) is 0 Å². The molecule has 1 aliphatic rings. The molecule has 1 aliphatic heterocycles. The fraction of sp³-hybridized carbons (Fsp3) is 0.294. The van der Waals surface area contributed by atoms with E-state index < -0.39 is 0 Å². The average molecular weight is 410 g/mol. The van der Waals surface area contributed by atoms with Gasteiger partial charge in [-0.1, -0.05) is 34.1 Å². The summed E-state index contributed by atoms with van der Waals surface area (Å²) in [6.07, 6.45) is 2.32. The van der Waals surface area contributed by atoms with Crippen molar-refractivity contribution in [2.24, 2.45) is 0 Å².